The Morgan fingerprint density at radius 3 is 2.26 bits per heavy atom. The molecule has 1 aliphatic rings. The summed E-state index contributed by atoms with van der Waals surface area (Å²) in [6.07, 6.45) is 2.86. The number of likely N-dealkylation sites (tertiary alicyclic amines) is 1. The number of ether oxygens (including phenoxy) is 1. The quantitative estimate of drug-likeness (QED) is 0.857. The summed E-state index contributed by atoms with van der Waals surface area (Å²) >= 11 is 0. The minimum atomic E-state index is -0.415. The number of piperidine rings is 1. The summed E-state index contributed by atoms with van der Waals surface area (Å²) in [7, 11) is 0. The first-order chi connectivity index (χ1) is 8.69. The molecular formula is C15H30N2O2. The summed E-state index contributed by atoms with van der Waals surface area (Å²) in [5.74, 6) is 1.18. The van der Waals surface area contributed by atoms with Crippen LogP contribution in [0.4, 0.5) is 4.79 Å². The van der Waals surface area contributed by atoms with Crippen LogP contribution >= 0.6 is 0 Å². The summed E-state index contributed by atoms with van der Waals surface area (Å²) in [5.41, 5.74) is 5.82. The van der Waals surface area contributed by atoms with Gasteiger partial charge >= 0.3 is 6.09 Å². The Balaban J connectivity index is 2.38. The van der Waals surface area contributed by atoms with Gasteiger partial charge in [-0.15, -0.1) is 0 Å². The van der Waals surface area contributed by atoms with Crippen LogP contribution < -0.4 is 5.73 Å². The number of amides is 1. The van der Waals surface area contributed by atoms with E-state index in [1.807, 2.05) is 25.7 Å². The monoisotopic (exact) mass is 270 g/mol. The second-order valence-corrected chi connectivity index (χ2v) is 7.10. The van der Waals surface area contributed by atoms with Gasteiger partial charge in [0, 0.05) is 19.1 Å². The predicted molar refractivity (Wildman–Crippen MR) is 78.0 cm³/mol. The molecule has 0 saturated carbocycles. The Bertz CT molecular complexity index is 289. The van der Waals surface area contributed by atoms with Crippen LogP contribution in [-0.2, 0) is 4.74 Å². The van der Waals surface area contributed by atoms with Crippen LogP contribution in [0.2, 0.25) is 0 Å². The van der Waals surface area contributed by atoms with Crippen molar-refractivity contribution < 1.29 is 9.53 Å². The van der Waals surface area contributed by atoms with E-state index in [1.165, 1.54) is 0 Å². The summed E-state index contributed by atoms with van der Waals surface area (Å²) in [5, 5.41) is 0. The van der Waals surface area contributed by atoms with Crippen LogP contribution in [0.3, 0.4) is 0 Å². The standard InChI is InChI=1S/C15H30N2O2/c1-11(2)10-13(16)12-6-8-17(9-7-12)14(18)19-15(3,4)5/h11-13H,6-10,16H2,1-5H3. The van der Waals surface area contributed by atoms with E-state index in [1.54, 1.807) is 0 Å². The second-order valence-electron chi connectivity index (χ2n) is 7.10. The van der Waals surface area contributed by atoms with Gasteiger partial charge in [0.1, 0.15) is 5.60 Å². The number of nitrogens with two attached hydrogens (primary N) is 1. The van der Waals surface area contributed by atoms with Crippen LogP contribution in [-0.4, -0.2) is 35.7 Å². The first-order valence-electron chi connectivity index (χ1n) is 7.42. The number of nitrogens with zero attached hydrogens (tertiary/aromatic N) is 1. The predicted octanol–water partition coefficient (Wildman–Crippen LogP) is 3.01. The van der Waals surface area contributed by atoms with Crippen molar-refractivity contribution in [3.8, 4) is 0 Å². The van der Waals surface area contributed by atoms with E-state index < -0.39 is 5.60 Å². The van der Waals surface area contributed by atoms with Crippen molar-refractivity contribution >= 4 is 6.09 Å². The maximum atomic E-state index is 11.9. The molecule has 1 atom stereocenters. The molecule has 4 nitrogen and oxygen atoms in total. The minimum Gasteiger partial charge on any atom is -0.444 e. The number of rotatable bonds is 3. The fourth-order valence-electron chi connectivity index (χ4n) is 2.57. The summed E-state index contributed by atoms with van der Waals surface area (Å²) in [6.45, 7) is 11.6. The lowest BCUT2D eigenvalue weighted by Crippen LogP contribution is -2.45. The molecule has 4 heteroatoms. The highest BCUT2D eigenvalue weighted by Gasteiger charge is 2.29. The maximum absolute atomic E-state index is 11.9. The van der Waals surface area contributed by atoms with Crippen molar-refractivity contribution in [3.05, 3.63) is 0 Å². The van der Waals surface area contributed by atoms with Gasteiger partial charge in [0.25, 0.3) is 0 Å². The summed E-state index contributed by atoms with van der Waals surface area (Å²) < 4.78 is 5.39. The molecule has 2 N–H and O–H groups in total. The zero-order chi connectivity index (χ0) is 14.6. The first kappa shape index (κ1) is 16.3. The smallest absolute Gasteiger partial charge is 0.410 e. The third-order valence-electron chi connectivity index (χ3n) is 3.54. The van der Waals surface area contributed by atoms with Gasteiger partial charge in [0.2, 0.25) is 0 Å². The van der Waals surface area contributed by atoms with Crippen molar-refractivity contribution in [1.29, 1.82) is 0 Å². The van der Waals surface area contributed by atoms with Gasteiger partial charge in [-0.05, 0) is 51.9 Å². The lowest BCUT2D eigenvalue weighted by atomic mass is 9.86. The maximum Gasteiger partial charge on any atom is 0.410 e. The molecule has 1 heterocycles. The molecule has 0 radical (unpaired) electrons. The normalized spacial score (nSPS) is 19.6. The molecule has 1 unspecified atom stereocenters. The second kappa shape index (κ2) is 6.60. The lowest BCUT2D eigenvalue weighted by molar-refractivity contribution is 0.0171. The lowest BCUT2D eigenvalue weighted by Gasteiger charge is -2.36. The highest BCUT2D eigenvalue weighted by atomic mass is 16.6. The SMILES string of the molecule is CC(C)CC(N)C1CCN(C(=O)OC(C)(C)C)CC1. The van der Waals surface area contributed by atoms with Crippen molar-refractivity contribution in [3.63, 3.8) is 0 Å². The number of carbonyl (C=O) groups is 1. The minimum absolute atomic E-state index is 0.191. The van der Waals surface area contributed by atoms with Gasteiger partial charge in [-0.2, -0.15) is 0 Å². The topological polar surface area (TPSA) is 55.6 Å². The van der Waals surface area contributed by atoms with Gasteiger partial charge < -0.3 is 15.4 Å². The Kier molecular flexibility index (Phi) is 5.65. The molecule has 1 aliphatic heterocycles. The number of hydrogen-bond acceptors (Lipinski definition) is 3. The van der Waals surface area contributed by atoms with Crippen LogP contribution in [0.25, 0.3) is 0 Å². The fourth-order valence-corrected chi connectivity index (χ4v) is 2.57. The first-order valence-corrected chi connectivity index (χ1v) is 7.42. The molecule has 112 valence electrons. The van der Waals surface area contributed by atoms with Crippen molar-refractivity contribution in [2.45, 2.75) is 65.5 Å². The summed E-state index contributed by atoms with van der Waals surface area (Å²) in [6, 6.07) is 0.265. The number of hydrogen-bond donors (Lipinski definition) is 1. The molecule has 0 aromatic heterocycles. The van der Waals surface area contributed by atoms with Crippen LogP contribution in [0, 0.1) is 11.8 Å². The molecule has 1 rings (SSSR count). The molecule has 1 amide bonds. The van der Waals surface area contributed by atoms with Gasteiger partial charge in [0.05, 0.1) is 0 Å². The Hall–Kier alpha value is -0.770. The molecule has 0 bridgehead atoms. The van der Waals surface area contributed by atoms with E-state index in [4.69, 9.17) is 10.5 Å². The van der Waals surface area contributed by atoms with Gasteiger partial charge in [0.15, 0.2) is 0 Å². The zero-order valence-electron chi connectivity index (χ0n) is 13.1. The third-order valence-corrected chi connectivity index (χ3v) is 3.54. The van der Waals surface area contributed by atoms with E-state index in [9.17, 15) is 4.79 Å². The van der Waals surface area contributed by atoms with Crippen molar-refractivity contribution in [2.75, 3.05) is 13.1 Å². The van der Waals surface area contributed by atoms with E-state index >= 15 is 0 Å². The molecule has 19 heavy (non-hydrogen) atoms. The van der Waals surface area contributed by atoms with E-state index in [2.05, 4.69) is 13.8 Å². The van der Waals surface area contributed by atoms with Crippen molar-refractivity contribution in [2.24, 2.45) is 17.6 Å². The van der Waals surface area contributed by atoms with E-state index in [0.29, 0.717) is 11.8 Å². The van der Waals surface area contributed by atoms with E-state index in [-0.39, 0.29) is 12.1 Å². The Morgan fingerprint density at radius 2 is 1.84 bits per heavy atom. The van der Waals surface area contributed by atoms with Crippen LogP contribution in [0.15, 0.2) is 0 Å². The average Bonchev–Trinajstić information content (AvgIpc) is 2.26. The highest BCUT2D eigenvalue weighted by molar-refractivity contribution is 5.68. The fraction of sp³-hybridized carbons (Fsp3) is 0.933. The molecule has 0 aromatic rings. The van der Waals surface area contributed by atoms with Crippen LogP contribution in [0.1, 0.15) is 53.9 Å². The molecule has 1 fully saturated rings. The summed E-state index contributed by atoms with van der Waals surface area (Å²) in [4.78, 5) is 13.7. The Morgan fingerprint density at radius 1 is 1.32 bits per heavy atom. The molecule has 0 spiro atoms. The van der Waals surface area contributed by atoms with Crippen LogP contribution in [0.5, 0.6) is 0 Å². The molecule has 0 aromatic carbocycles. The van der Waals surface area contributed by atoms with Crippen molar-refractivity contribution in [1.82, 2.24) is 4.90 Å². The van der Waals surface area contributed by atoms with Gasteiger partial charge in [-0.3, -0.25) is 0 Å². The molecular weight excluding hydrogens is 240 g/mol. The Labute approximate surface area is 117 Å². The van der Waals surface area contributed by atoms with Gasteiger partial charge in [-0.25, -0.2) is 4.79 Å². The van der Waals surface area contributed by atoms with E-state index in [0.717, 1.165) is 32.4 Å². The average molecular weight is 270 g/mol. The molecule has 0 aliphatic carbocycles. The van der Waals surface area contributed by atoms with Gasteiger partial charge in [-0.1, -0.05) is 13.8 Å². The largest absolute Gasteiger partial charge is 0.444 e. The molecule has 1 saturated heterocycles. The number of carbonyl (C=O) groups excluding carboxylic acids is 1. The third kappa shape index (κ3) is 5.81. The highest BCUT2D eigenvalue weighted by Crippen LogP contribution is 2.24. The zero-order valence-corrected chi connectivity index (χ0v) is 13.1.